The molecule has 18 heavy (non-hydrogen) atoms. The Bertz CT molecular complexity index is 373. The number of ether oxygens (including phenoxy) is 1. The van der Waals surface area contributed by atoms with E-state index in [2.05, 4.69) is 48.8 Å². The quantitative estimate of drug-likeness (QED) is 0.898. The molecular formula is C15H24BrNO. The number of hydrogen-bond donors (Lipinski definition) is 1. The third-order valence-corrected chi connectivity index (χ3v) is 3.78. The lowest BCUT2D eigenvalue weighted by molar-refractivity contribution is -0.0274. The minimum atomic E-state index is 0.00338. The monoisotopic (exact) mass is 313 g/mol. The Balaban J connectivity index is 2.79. The Hall–Kier alpha value is -0.380. The molecular weight excluding hydrogens is 290 g/mol. The molecule has 0 heterocycles. The molecule has 0 saturated carbocycles. The third-order valence-electron chi connectivity index (χ3n) is 3.00. The molecule has 2 N–H and O–H groups in total. The maximum absolute atomic E-state index is 6.35. The predicted molar refractivity (Wildman–Crippen MR) is 80.7 cm³/mol. The van der Waals surface area contributed by atoms with Gasteiger partial charge in [0.15, 0.2) is 0 Å². The lowest BCUT2D eigenvalue weighted by Gasteiger charge is -2.35. The maximum atomic E-state index is 6.35. The molecule has 0 aliphatic heterocycles. The molecule has 0 saturated heterocycles. The van der Waals surface area contributed by atoms with Gasteiger partial charge in [0, 0.05) is 17.1 Å². The molecule has 1 rings (SSSR count). The first kappa shape index (κ1) is 15.7. The fraction of sp³-hybridized carbons (Fsp3) is 0.600. The highest BCUT2D eigenvalue weighted by molar-refractivity contribution is 9.10. The lowest BCUT2D eigenvalue weighted by Crippen LogP contribution is -2.46. The lowest BCUT2D eigenvalue weighted by atomic mass is 9.83. The Labute approximate surface area is 119 Å². The average molecular weight is 314 g/mol. The molecule has 0 aliphatic carbocycles. The van der Waals surface area contributed by atoms with Gasteiger partial charge in [-0.25, -0.2) is 0 Å². The van der Waals surface area contributed by atoms with Crippen LogP contribution >= 0.6 is 15.9 Å². The smallest absolute Gasteiger partial charge is 0.0777 e. The van der Waals surface area contributed by atoms with Crippen LogP contribution in [0.25, 0.3) is 0 Å². The van der Waals surface area contributed by atoms with Crippen LogP contribution in [0.1, 0.15) is 33.3 Å². The summed E-state index contributed by atoms with van der Waals surface area (Å²) in [4.78, 5) is 0. The molecule has 0 aromatic heterocycles. The largest absolute Gasteiger partial charge is 0.376 e. The minimum absolute atomic E-state index is 0.00338. The second kappa shape index (κ2) is 6.69. The van der Waals surface area contributed by atoms with Gasteiger partial charge in [0.1, 0.15) is 0 Å². The Morgan fingerprint density at radius 2 is 1.89 bits per heavy atom. The summed E-state index contributed by atoms with van der Waals surface area (Å²) in [6, 6.07) is 8.22. The summed E-state index contributed by atoms with van der Waals surface area (Å²) in [6.45, 7) is 9.24. The summed E-state index contributed by atoms with van der Waals surface area (Å²) in [5.41, 5.74) is 7.63. The van der Waals surface area contributed by atoms with E-state index in [1.165, 1.54) is 5.56 Å². The molecule has 0 spiro atoms. The minimum Gasteiger partial charge on any atom is -0.376 e. The first-order valence-corrected chi connectivity index (χ1v) is 7.26. The van der Waals surface area contributed by atoms with Crippen LogP contribution in [0.2, 0.25) is 0 Å². The van der Waals surface area contributed by atoms with Crippen LogP contribution in [-0.4, -0.2) is 18.8 Å². The highest BCUT2D eigenvalue weighted by Gasteiger charge is 2.31. The number of benzene rings is 1. The van der Waals surface area contributed by atoms with E-state index in [1.54, 1.807) is 0 Å². The van der Waals surface area contributed by atoms with E-state index in [9.17, 15) is 0 Å². The molecule has 1 aromatic carbocycles. The molecule has 0 fully saturated rings. The molecule has 0 radical (unpaired) electrons. The van der Waals surface area contributed by atoms with Crippen molar-refractivity contribution in [3.05, 3.63) is 34.3 Å². The Morgan fingerprint density at radius 1 is 1.28 bits per heavy atom. The van der Waals surface area contributed by atoms with Crippen molar-refractivity contribution in [2.45, 2.75) is 46.3 Å². The zero-order chi connectivity index (χ0) is 13.8. The highest BCUT2D eigenvalue weighted by atomic mass is 79.9. The topological polar surface area (TPSA) is 35.2 Å². The van der Waals surface area contributed by atoms with Crippen LogP contribution in [-0.2, 0) is 11.2 Å². The SMILES string of the molecule is CCOC(C(N)Cc1ccccc1Br)C(C)(C)C. The van der Waals surface area contributed by atoms with Crippen LogP contribution in [0.5, 0.6) is 0 Å². The summed E-state index contributed by atoms with van der Waals surface area (Å²) in [6.07, 6.45) is 0.887. The second-order valence-electron chi connectivity index (χ2n) is 5.70. The van der Waals surface area contributed by atoms with Gasteiger partial charge in [-0.1, -0.05) is 54.9 Å². The van der Waals surface area contributed by atoms with Gasteiger partial charge >= 0.3 is 0 Å². The van der Waals surface area contributed by atoms with E-state index in [4.69, 9.17) is 10.5 Å². The fourth-order valence-corrected chi connectivity index (χ4v) is 2.67. The van der Waals surface area contributed by atoms with Gasteiger partial charge < -0.3 is 10.5 Å². The molecule has 2 unspecified atom stereocenters. The molecule has 0 aliphatic rings. The standard InChI is InChI=1S/C15H24BrNO/c1-5-18-14(15(2,3)4)13(17)10-11-8-6-7-9-12(11)16/h6-9,13-14H,5,10,17H2,1-4H3. The van der Waals surface area contributed by atoms with Crippen LogP contribution in [0.3, 0.4) is 0 Å². The number of nitrogens with two attached hydrogens (primary N) is 1. The van der Waals surface area contributed by atoms with Crippen molar-refractivity contribution < 1.29 is 4.74 Å². The Kier molecular flexibility index (Phi) is 5.83. The van der Waals surface area contributed by atoms with Gasteiger partial charge in [-0.2, -0.15) is 0 Å². The van der Waals surface area contributed by atoms with Crippen molar-refractivity contribution in [1.29, 1.82) is 0 Å². The third kappa shape index (κ3) is 4.38. The van der Waals surface area contributed by atoms with Crippen molar-refractivity contribution >= 4 is 15.9 Å². The van der Waals surface area contributed by atoms with Gasteiger partial charge in [0.05, 0.1) is 6.10 Å². The highest BCUT2D eigenvalue weighted by Crippen LogP contribution is 2.27. The predicted octanol–water partition coefficient (Wildman–Crippen LogP) is 3.77. The summed E-state index contributed by atoms with van der Waals surface area (Å²) in [5, 5.41) is 0. The van der Waals surface area contributed by atoms with Gasteiger partial charge in [0.25, 0.3) is 0 Å². The van der Waals surface area contributed by atoms with Gasteiger partial charge in [0.2, 0.25) is 0 Å². The van der Waals surface area contributed by atoms with Crippen molar-refractivity contribution in [3.8, 4) is 0 Å². The molecule has 0 amide bonds. The zero-order valence-electron chi connectivity index (χ0n) is 11.7. The van der Waals surface area contributed by atoms with E-state index in [0.29, 0.717) is 6.61 Å². The first-order chi connectivity index (χ1) is 8.36. The molecule has 2 nitrogen and oxygen atoms in total. The van der Waals surface area contributed by atoms with Crippen LogP contribution in [0, 0.1) is 5.41 Å². The second-order valence-corrected chi connectivity index (χ2v) is 6.56. The van der Waals surface area contributed by atoms with Gasteiger partial charge in [-0.05, 0) is 30.4 Å². The molecule has 1 aromatic rings. The van der Waals surface area contributed by atoms with E-state index < -0.39 is 0 Å². The average Bonchev–Trinajstić information content (AvgIpc) is 2.27. The van der Waals surface area contributed by atoms with Crippen molar-refractivity contribution in [3.63, 3.8) is 0 Å². The van der Waals surface area contributed by atoms with Crippen LogP contribution in [0.15, 0.2) is 28.7 Å². The number of hydrogen-bond acceptors (Lipinski definition) is 2. The van der Waals surface area contributed by atoms with Gasteiger partial charge in [-0.3, -0.25) is 0 Å². The Morgan fingerprint density at radius 3 is 2.39 bits per heavy atom. The summed E-state index contributed by atoms with van der Waals surface area (Å²) in [5.74, 6) is 0. The van der Waals surface area contributed by atoms with Crippen molar-refractivity contribution in [1.82, 2.24) is 0 Å². The summed E-state index contributed by atoms with van der Waals surface area (Å²) >= 11 is 3.57. The molecule has 0 bridgehead atoms. The fourth-order valence-electron chi connectivity index (χ4n) is 2.22. The van der Waals surface area contributed by atoms with Crippen LogP contribution in [0.4, 0.5) is 0 Å². The van der Waals surface area contributed by atoms with Gasteiger partial charge in [-0.15, -0.1) is 0 Å². The molecule has 2 atom stereocenters. The number of halogens is 1. The first-order valence-electron chi connectivity index (χ1n) is 6.46. The molecule has 3 heteroatoms. The molecule has 102 valence electrons. The van der Waals surface area contributed by atoms with E-state index >= 15 is 0 Å². The van der Waals surface area contributed by atoms with E-state index in [1.807, 2.05) is 19.1 Å². The summed E-state index contributed by atoms with van der Waals surface area (Å²) < 4.78 is 6.96. The van der Waals surface area contributed by atoms with E-state index in [-0.39, 0.29) is 17.6 Å². The van der Waals surface area contributed by atoms with E-state index in [0.717, 1.165) is 10.9 Å². The maximum Gasteiger partial charge on any atom is 0.0777 e. The van der Waals surface area contributed by atoms with Crippen LogP contribution < -0.4 is 5.73 Å². The number of rotatable bonds is 5. The summed E-state index contributed by atoms with van der Waals surface area (Å²) in [7, 11) is 0. The zero-order valence-corrected chi connectivity index (χ0v) is 13.3. The normalized spacial score (nSPS) is 15.4. The van der Waals surface area contributed by atoms with Crippen molar-refractivity contribution in [2.75, 3.05) is 6.61 Å². The van der Waals surface area contributed by atoms with Crippen molar-refractivity contribution in [2.24, 2.45) is 11.1 Å².